The second kappa shape index (κ2) is 13.0. The van der Waals surface area contributed by atoms with Crippen LogP contribution in [0.2, 0.25) is 0 Å². The van der Waals surface area contributed by atoms with Gasteiger partial charge in [0.05, 0.1) is 26.1 Å². The number of aliphatic hydroxyl groups excluding tert-OH is 3. The zero-order valence-corrected chi connectivity index (χ0v) is 25.3. The minimum atomic E-state index is -5.52. The molecule has 2 fully saturated rings. The topological polar surface area (TPSA) is 375 Å². The summed E-state index contributed by atoms with van der Waals surface area (Å²) in [5, 5.41) is 31.1. The van der Waals surface area contributed by atoms with Crippen molar-refractivity contribution in [2.75, 3.05) is 31.5 Å². The normalized spacial score (nSPS) is 32.0. The van der Waals surface area contributed by atoms with Crippen LogP contribution in [0.4, 0.5) is 5.95 Å². The molecule has 0 saturated carbocycles. The molecule has 28 heteroatoms. The molecule has 3 unspecified atom stereocenters. The molecule has 0 amide bonds. The molecule has 2 saturated heterocycles. The smallest absolute Gasteiger partial charge is 0.388 e. The molecule has 0 aromatic carbocycles. The maximum atomic E-state index is 12.6. The van der Waals surface area contributed by atoms with Crippen LogP contribution in [0.1, 0.15) is 6.23 Å². The van der Waals surface area contributed by atoms with E-state index in [0.29, 0.717) is 0 Å². The van der Waals surface area contributed by atoms with Crippen LogP contribution in [0.15, 0.2) is 11.1 Å². The van der Waals surface area contributed by atoms with Gasteiger partial charge in [-0.05, 0) is 0 Å². The van der Waals surface area contributed by atoms with Gasteiger partial charge in [0, 0.05) is 0 Å². The molecule has 0 aliphatic carbocycles. The van der Waals surface area contributed by atoms with Crippen LogP contribution in [0.5, 0.6) is 0 Å². The lowest BCUT2D eigenvalue weighted by atomic mass is 10.1. The number of phosphoric acid groups is 2. The second-order valence-corrected chi connectivity index (χ2v) is 16.4. The monoisotopic (exact) mass is 717 g/mol. The third kappa shape index (κ3) is 8.65. The first-order valence-electron chi connectivity index (χ1n) is 11.9. The number of nitrogen functional groups attached to an aromatic ring is 1. The number of nitrogens with one attached hydrogen (secondary N) is 1. The highest BCUT2D eigenvalue weighted by atomic mass is 31.3. The number of aromatic amines is 1. The van der Waals surface area contributed by atoms with Gasteiger partial charge in [-0.3, -0.25) is 32.5 Å². The van der Waals surface area contributed by atoms with Gasteiger partial charge in [0.25, 0.3) is 5.56 Å². The summed E-state index contributed by atoms with van der Waals surface area (Å²) in [5.41, 5.74) is 4.58. The van der Waals surface area contributed by atoms with Crippen molar-refractivity contribution in [3.63, 3.8) is 0 Å². The van der Waals surface area contributed by atoms with Crippen LogP contribution >= 0.6 is 30.8 Å². The SMILES string of the molecule is Nc1nc2c(ncn2[C@@H]2O[C@H](COP(=O)(O)O[C@H]3[C@@H](O)CO[C@@H]3COP(=O)(O)CP(=O)(O)OP(=O)(O)O)[C@@H](O)[C@H]2O)c(=O)[nH]1. The molecular weight excluding hydrogens is 690 g/mol. The molecule has 2 aromatic rings. The van der Waals surface area contributed by atoms with E-state index in [1.807, 2.05) is 0 Å². The largest absolute Gasteiger partial charge is 0.476 e. The molecule has 4 rings (SSSR count). The van der Waals surface area contributed by atoms with Crippen molar-refractivity contribution in [2.45, 2.75) is 42.9 Å². The molecule has 4 heterocycles. The highest BCUT2D eigenvalue weighted by Crippen LogP contribution is 2.64. The number of nitrogens with two attached hydrogens (primary N) is 1. The molecule has 0 bridgehead atoms. The summed E-state index contributed by atoms with van der Waals surface area (Å²) in [6.45, 7) is -2.41. The Bertz CT molecular complexity index is 1610. The van der Waals surface area contributed by atoms with Gasteiger partial charge in [-0.2, -0.15) is 4.98 Å². The number of fused-ring (bicyclic) bond motifs is 1. The fraction of sp³-hybridized carbons (Fsp3) is 0.688. The van der Waals surface area contributed by atoms with Gasteiger partial charge in [0.2, 0.25) is 5.95 Å². The Hall–Kier alpha value is -1.49. The van der Waals surface area contributed by atoms with E-state index >= 15 is 0 Å². The Morgan fingerprint density at radius 1 is 1.00 bits per heavy atom. The Morgan fingerprint density at radius 3 is 2.32 bits per heavy atom. The fourth-order valence-electron chi connectivity index (χ4n) is 4.17. The van der Waals surface area contributed by atoms with E-state index < -0.39 is 105 Å². The minimum Gasteiger partial charge on any atom is -0.388 e. The van der Waals surface area contributed by atoms with Crippen molar-refractivity contribution in [3.8, 4) is 0 Å². The Labute approximate surface area is 244 Å². The van der Waals surface area contributed by atoms with Crippen LogP contribution in [0.3, 0.4) is 0 Å². The highest BCUT2D eigenvalue weighted by Gasteiger charge is 2.48. The first kappa shape index (κ1) is 35.4. The molecule has 2 aromatic heterocycles. The number of aromatic nitrogens is 4. The lowest BCUT2D eigenvalue weighted by Gasteiger charge is -2.25. The number of rotatable bonds is 13. The van der Waals surface area contributed by atoms with Gasteiger partial charge < -0.3 is 59.5 Å². The first-order chi connectivity index (χ1) is 20.2. The molecule has 10 atom stereocenters. The van der Waals surface area contributed by atoms with Gasteiger partial charge in [0.1, 0.15) is 36.6 Å². The number of hydrogen-bond acceptors (Lipinski definition) is 17. The van der Waals surface area contributed by atoms with Crippen molar-refractivity contribution in [1.82, 2.24) is 19.5 Å². The molecule has 2 aliphatic rings. The number of H-pyrrole nitrogens is 1. The third-order valence-corrected chi connectivity index (χ3v) is 12.2. The van der Waals surface area contributed by atoms with Crippen LogP contribution in [0.25, 0.3) is 11.2 Å². The number of anilines is 1. The Morgan fingerprint density at radius 2 is 1.66 bits per heavy atom. The summed E-state index contributed by atoms with van der Waals surface area (Å²) in [7, 11) is -21.1. The van der Waals surface area contributed by atoms with Gasteiger partial charge in [0.15, 0.2) is 23.3 Å². The average molecular weight is 717 g/mol. The van der Waals surface area contributed by atoms with Crippen molar-refractivity contribution >= 4 is 47.9 Å². The predicted molar refractivity (Wildman–Crippen MR) is 138 cm³/mol. The number of aliphatic hydroxyl groups is 3. The molecule has 0 radical (unpaired) electrons. The van der Waals surface area contributed by atoms with Crippen molar-refractivity contribution in [2.24, 2.45) is 0 Å². The minimum absolute atomic E-state index is 0.104. The number of hydrogen-bond donors (Lipinski definition) is 10. The summed E-state index contributed by atoms with van der Waals surface area (Å²) < 4.78 is 77.0. The number of ether oxygens (including phenoxy) is 2. The Balaban J connectivity index is 1.36. The molecule has 24 nitrogen and oxygen atoms in total. The van der Waals surface area contributed by atoms with Crippen molar-refractivity contribution < 1.29 is 85.4 Å². The molecule has 44 heavy (non-hydrogen) atoms. The van der Waals surface area contributed by atoms with Gasteiger partial charge in [-0.25, -0.2) is 18.4 Å². The molecule has 250 valence electrons. The first-order valence-corrected chi connectivity index (χ1v) is 18.5. The predicted octanol–water partition coefficient (Wildman–Crippen LogP) is -2.96. The van der Waals surface area contributed by atoms with Crippen LogP contribution in [-0.2, 0) is 45.6 Å². The van der Waals surface area contributed by atoms with E-state index in [0.717, 1.165) is 10.9 Å². The van der Waals surface area contributed by atoms with Gasteiger partial charge in [-0.1, -0.05) is 0 Å². The zero-order valence-electron chi connectivity index (χ0n) is 21.7. The quantitative estimate of drug-likeness (QED) is 0.0925. The molecule has 2 aliphatic heterocycles. The van der Waals surface area contributed by atoms with Gasteiger partial charge in [-0.15, -0.1) is 0 Å². The van der Waals surface area contributed by atoms with Crippen molar-refractivity contribution in [3.05, 3.63) is 16.7 Å². The van der Waals surface area contributed by atoms with Crippen molar-refractivity contribution in [1.29, 1.82) is 0 Å². The zero-order chi connectivity index (χ0) is 32.8. The number of imidazole rings is 1. The summed E-state index contributed by atoms with van der Waals surface area (Å²) in [6.07, 6.45) is -10.1. The van der Waals surface area contributed by atoms with E-state index in [1.165, 1.54) is 0 Å². The third-order valence-electron chi connectivity index (χ3n) is 5.98. The van der Waals surface area contributed by atoms with E-state index in [2.05, 4.69) is 23.8 Å². The van der Waals surface area contributed by atoms with E-state index in [-0.39, 0.29) is 17.1 Å². The standard InChI is InChI=1S/C16H27N5O19P4/c17-16-19-13-9(14(25)20-16)18-4-21(13)15-11(24)10(23)7(38-15)2-37-44(33,34)39-12-6(22)1-35-8(12)3-36-41(26,27)5-42(28,29)40-43(30,31)32/h4,6-8,10-12,15,22-24H,1-3,5H2,(H,26,27)(H,28,29)(H,33,34)(H2,30,31,32)(H3,17,19,20,25)/t6-,7+,8+,10+,11+,12-,15+/m0/s1. The lowest BCUT2D eigenvalue weighted by molar-refractivity contribution is -0.0567. The average Bonchev–Trinajstić information content (AvgIpc) is 3.51. The fourth-order valence-corrected chi connectivity index (χ4v) is 9.66. The number of phosphoric ester groups is 1. The maximum absolute atomic E-state index is 12.6. The number of nitrogens with zero attached hydrogens (tertiary/aromatic N) is 3. The molecule has 0 spiro atoms. The van der Waals surface area contributed by atoms with Crippen LogP contribution < -0.4 is 11.3 Å². The van der Waals surface area contributed by atoms with Crippen LogP contribution in [-0.4, -0.2) is 122 Å². The summed E-state index contributed by atoms with van der Waals surface area (Å²) >= 11 is 0. The highest BCUT2D eigenvalue weighted by molar-refractivity contribution is 7.74. The summed E-state index contributed by atoms with van der Waals surface area (Å²) in [4.78, 5) is 68.8. The van der Waals surface area contributed by atoms with Crippen LogP contribution in [0, 0.1) is 0 Å². The Kier molecular flexibility index (Phi) is 10.4. The van der Waals surface area contributed by atoms with Gasteiger partial charge >= 0.3 is 30.8 Å². The van der Waals surface area contributed by atoms with E-state index in [1.54, 1.807) is 0 Å². The van der Waals surface area contributed by atoms with E-state index in [9.17, 15) is 53.1 Å². The molecular formula is C16H27N5O19P4. The molecule has 11 N–H and O–H groups in total. The maximum Gasteiger partial charge on any atom is 0.476 e. The summed E-state index contributed by atoms with van der Waals surface area (Å²) in [6, 6.07) is 0. The second-order valence-electron chi connectivity index (χ2n) is 9.38. The summed E-state index contributed by atoms with van der Waals surface area (Å²) in [5.74, 6) is -2.03. The lowest BCUT2D eigenvalue weighted by Crippen LogP contribution is -2.36. The van der Waals surface area contributed by atoms with E-state index in [4.69, 9.17) is 34.0 Å².